The normalized spacial score (nSPS) is 16.5. The molecule has 3 aromatic rings. The van der Waals surface area contributed by atoms with Crippen LogP contribution in [0.2, 0.25) is 0 Å². The number of aromatic nitrogens is 1. The van der Waals surface area contributed by atoms with Crippen LogP contribution >= 0.6 is 0 Å². The Morgan fingerprint density at radius 3 is 2.46 bits per heavy atom. The minimum Gasteiger partial charge on any atom is -0.493 e. The SMILES string of the molecule is [C-]#[N+]c1ccc2c(C(O)(CN3CCC(Oc4ccc(CC(=O)O)cc4OC)CC3)C(F)(F)F)cn(CC)c2c1. The zero-order valence-corrected chi connectivity index (χ0v) is 21.7. The molecule has 1 unspecified atom stereocenters. The standard InChI is InChI=1S/C28H30F3N3O5/c1-4-34-16-22(21-7-6-19(32-2)15-23(21)34)27(37,28(29,30)31)17-33-11-9-20(10-12-33)39-24-8-5-18(14-26(35)36)13-25(24)38-3/h5-8,13,15-16,20,37H,4,9-12,14,17H2,1,3H3,(H,35,36). The average molecular weight is 546 g/mol. The highest BCUT2D eigenvalue weighted by atomic mass is 19.4. The average Bonchev–Trinajstić information content (AvgIpc) is 3.28. The van der Waals surface area contributed by atoms with Crippen LogP contribution in [0, 0.1) is 6.57 Å². The maximum absolute atomic E-state index is 14.5. The summed E-state index contributed by atoms with van der Waals surface area (Å²) in [5.74, 6) is -0.149. The van der Waals surface area contributed by atoms with Gasteiger partial charge in [0.15, 0.2) is 17.2 Å². The third-order valence-electron chi connectivity index (χ3n) is 7.11. The van der Waals surface area contributed by atoms with E-state index in [1.54, 1.807) is 34.6 Å². The monoisotopic (exact) mass is 545 g/mol. The lowest BCUT2D eigenvalue weighted by Crippen LogP contribution is -2.53. The van der Waals surface area contributed by atoms with Crippen molar-refractivity contribution in [3.63, 3.8) is 0 Å². The van der Waals surface area contributed by atoms with Crippen molar-refractivity contribution >= 4 is 22.6 Å². The van der Waals surface area contributed by atoms with Crippen LogP contribution in [0.15, 0.2) is 42.6 Å². The van der Waals surface area contributed by atoms with Gasteiger partial charge in [0.25, 0.3) is 0 Å². The molecule has 2 heterocycles. The molecule has 1 fully saturated rings. The van der Waals surface area contributed by atoms with Crippen molar-refractivity contribution in [1.29, 1.82) is 0 Å². The second-order valence-electron chi connectivity index (χ2n) is 9.65. The van der Waals surface area contributed by atoms with E-state index in [0.29, 0.717) is 47.7 Å². The van der Waals surface area contributed by atoms with Crippen molar-refractivity contribution in [2.24, 2.45) is 0 Å². The lowest BCUT2D eigenvalue weighted by Gasteiger charge is -2.39. The molecule has 1 atom stereocenters. The number of aliphatic hydroxyl groups is 1. The number of ether oxygens (including phenoxy) is 2. The third kappa shape index (κ3) is 5.82. The summed E-state index contributed by atoms with van der Waals surface area (Å²) < 4.78 is 56.5. The van der Waals surface area contributed by atoms with Gasteiger partial charge in [-0.25, -0.2) is 4.85 Å². The van der Waals surface area contributed by atoms with Crippen LogP contribution in [-0.2, 0) is 23.4 Å². The largest absolute Gasteiger partial charge is 0.493 e. The number of aryl methyl sites for hydroxylation is 1. The minimum absolute atomic E-state index is 0.158. The first-order valence-corrected chi connectivity index (χ1v) is 12.6. The number of carbonyl (C=O) groups is 1. The van der Waals surface area contributed by atoms with Gasteiger partial charge in [0.05, 0.1) is 20.1 Å². The molecule has 0 aliphatic carbocycles. The Labute approximate surface area is 224 Å². The van der Waals surface area contributed by atoms with E-state index in [1.807, 2.05) is 0 Å². The van der Waals surface area contributed by atoms with Gasteiger partial charge in [0.2, 0.25) is 5.60 Å². The number of hydrogen-bond acceptors (Lipinski definition) is 5. The molecule has 11 heteroatoms. The molecule has 1 aromatic heterocycles. The molecule has 0 spiro atoms. The van der Waals surface area contributed by atoms with Crippen molar-refractivity contribution in [3.05, 3.63) is 65.1 Å². The number of rotatable bonds is 9. The molecule has 8 nitrogen and oxygen atoms in total. The quantitative estimate of drug-likeness (QED) is 0.362. The first-order valence-electron chi connectivity index (χ1n) is 12.6. The van der Waals surface area contributed by atoms with Crippen LogP contribution in [0.5, 0.6) is 11.5 Å². The van der Waals surface area contributed by atoms with Crippen molar-refractivity contribution in [2.75, 3.05) is 26.7 Å². The fourth-order valence-electron chi connectivity index (χ4n) is 5.05. The smallest absolute Gasteiger partial charge is 0.422 e. The summed E-state index contributed by atoms with van der Waals surface area (Å²) >= 11 is 0. The van der Waals surface area contributed by atoms with Gasteiger partial charge in [0, 0.05) is 48.8 Å². The number of alkyl halides is 3. The second-order valence-corrected chi connectivity index (χ2v) is 9.65. The van der Waals surface area contributed by atoms with Crippen molar-refractivity contribution < 1.29 is 37.7 Å². The molecular formula is C28H30F3N3O5. The molecule has 208 valence electrons. The molecule has 1 aliphatic heterocycles. The van der Waals surface area contributed by atoms with Crippen LogP contribution in [0.4, 0.5) is 18.9 Å². The zero-order valence-electron chi connectivity index (χ0n) is 21.7. The fourth-order valence-corrected chi connectivity index (χ4v) is 5.05. The van der Waals surface area contributed by atoms with Gasteiger partial charge >= 0.3 is 12.1 Å². The lowest BCUT2D eigenvalue weighted by molar-refractivity contribution is -0.272. The number of methoxy groups -OCH3 is 1. The number of hydrogen-bond donors (Lipinski definition) is 2. The number of piperidine rings is 1. The van der Waals surface area contributed by atoms with Crippen molar-refractivity contribution in [2.45, 2.75) is 50.6 Å². The molecule has 0 saturated carbocycles. The third-order valence-corrected chi connectivity index (χ3v) is 7.11. The summed E-state index contributed by atoms with van der Waals surface area (Å²) in [5.41, 5.74) is -2.00. The van der Waals surface area contributed by atoms with Crippen molar-refractivity contribution in [1.82, 2.24) is 9.47 Å². The van der Waals surface area contributed by atoms with Gasteiger partial charge in [-0.1, -0.05) is 18.2 Å². The van der Waals surface area contributed by atoms with Gasteiger partial charge in [0.1, 0.15) is 6.10 Å². The molecule has 0 radical (unpaired) electrons. The van der Waals surface area contributed by atoms with E-state index >= 15 is 0 Å². The predicted molar refractivity (Wildman–Crippen MR) is 138 cm³/mol. The molecule has 2 N–H and O–H groups in total. The minimum atomic E-state index is -4.93. The Hall–Kier alpha value is -3.75. The predicted octanol–water partition coefficient (Wildman–Crippen LogP) is 5.14. The molecule has 39 heavy (non-hydrogen) atoms. The van der Waals surface area contributed by atoms with E-state index in [0.717, 1.165) is 0 Å². The fraction of sp³-hybridized carbons (Fsp3) is 0.429. The van der Waals surface area contributed by atoms with Gasteiger partial charge in [-0.2, -0.15) is 13.2 Å². The lowest BCUT2D eigenvalue weighted by atomic mass is 9.91. The Balaban J connectivity index is 1.51. The summed E-state index contributed by atoms with van der Waals surface area (Å²) in [6.07, 6.45) is -3.18. The van der Waals surface area contributed by atoms with E-state index < -0.39 is 24.3 Å². The van der Waals surface area contributed by atoms with E-state index in [-0.39, 0.29) is 36.6 Å². The summed E-state index contributed by atoms with van der Waals surface area (Å²) in [5, 5.41) is 20.5. The van der Waals surface area contributed by atoms with Crippen LogP contribution in [0.3, 0.4) is 0 Å². The Morgan fingerprint density at radius 2 is 1.87 bits per heavy atom. The zero-order chi connectivity index (χ0) is 28.4. The number of carboxylic acids is 1. The molecule has 1 saturated heterocycles. The molecule has 0 bridgehead atoms. The number of carboxylic acid groups (broad SMARTS) is 1. The van der Waals surface area contributed by atoms with E-state index in [1.165, 1.54) is 31.5 Å². The molecule has 2 aromatic carbocycles. The molecule has 1 aliphatic rings. The highest BCUT2D eigenvalue weighted by Gasteiger charge is 2.57. The highest BCUT2D eigenvalue weighted by Crippen LogP contribution is 2.44. The summed E-state index contributed by atoms with van der Waals surface area (Å²) in [6, 6.07) is 9.33. The van der Waals surface area contributed by atoms with Crippen LogP contribution in [0.25, 0.3) is 15.7 Å². The number of benzene rings is 2. The number of halogens is 3. The first-order chi connectivity index (χ1) is 18.5. The number of nitrogens with zero attached hydrogens (tertiary/aromatic N) is 3. The van der Waals surface area contributed by atoms with Gasteiger partial charge in [-0.05, 0) is 43.5 Å². The Morgan fingerprint density at radius 1 is 1.15 bits per heavy atom. The first kappa shape index (κ1) is 28.3. The number of fused-ring (bicyclic) bond motifs is 1. The Bertz CT molecular complexity index is 1390. The van der Waals surface area contributed by atoms with Gasteiger partial charge in [-0.15, -0.1) is 0 Å². The van der Waals surface area contributed by atoms with Crippen LogP contribution in [0.1, 0.15) is 30.9 Å². The Kier molecular flexibility index (Phi) is 8.09. The topological polar surface area (TPSA) is 88.5 Å². The van der Waals surface area contributed by atoms with E-state index in [4.69, 9.17) is 21.2 Å². The van der Waals surface area contributed by atoms with Crippen LogP contribution in [-0.4, -0.2) is 64.7 Å². The maximum atomic E-state index is 14.5. The summed E-state index contributed by atoms with van der Waals surface area (Å²) in [6.45, 7) is 9.32. The van der Waals surface area contributed by atoms with E-state index in [9.17, 15) is 23.1 Å². The highest BCUT2D eigenvalue weighted by molar-refractivity contribution is 5.88. The van der Waals surface area contributed by atoms with E-state index in [2.05, 4.69) is 4.85 Å². The van der Waals surface area contributed by atoms with Crippen molar-refractivity contribution in [3.8, 4) is 11.5 Å². The number of aliphatic carboxylic acids is 1. The van der Waals surface area contributed by atoms with Crippen LogP contribution < -0.4 is 9.47 Å². The van der Waals surface area contributed by atoms with Gasteiger partial charge < -0.3 is 24.3 Å². The maximum Gasteiger partial charge on any atom is 0.422 e. The number of likely N-dealkylation sites (tertiary alicyclic amines) is 1. The molecular weight excluding hydrogens is 515 g/mol. The number of β-amino-alcohol motifs (C(OH)–C–C–N with tert-alkyl or cyclic N) is 1. The summed E-state index contributed by atoms with van der Waals surface area (Å²) in [7, 11) is 1.45. The van der Waals surface area contributed by atoms with Gasteiger partial charge in [-0.3, -0.25) is 9.69 Å². The summed E-state index contributed by atoms with van der Waals surface area (Å²) in [4.78, 5) is 15.9. The molecule has 0 amide bonds. The second kappa shape index (κ2) is 11.2. The molecule has 4 rings (SSSR count).